The van der Waals surface area contributed by atoms with Crippen molar-refractivity contribution in [1.82, 2.24) is 0 Å². The number of halogens is 1. The highest BCUT2D eigenvalue weighted by atomic mass is 35.7. The molecule has 66 valence electrons. The van der Waals surface area contributed by atoms with Crippen LogP contribution in [0.1, 0.15) is 20.8 Å². The summed E-state index contributed by atoms with van der Waals surface area (Å²) in [5.41, 5.74) is 0.257. The highest BCUT2D eigenvalue weighted by Gasteiger charge is 2.30. The molecule has 0 aromatic carbocycles. The second-order valence-electron chi connectivity index (χ2n) is 3.87. The molecule has 0 amide bonds. The lowest BCUT2D eigenvalue weighted by molar-refractivity contribution is 0.0577. The normalized spacial score (nSPS) is 33.8. The second-order valence-corrected chi connectivity index (χ2v) is 5.64. The minimum absolute atomic E-state index is 0.257. The molecule has 0 aromatic heterocycles. The van der Waals surface area contributed by atoms with Gasteiger partial charge in [0, 0.05) is 5.92 Å². The Hall–Kier alpha value is 0.640. The average molecular weight is 197 g/mol. The largest absolute Gasteiger partial charge is 0.322 e. The zero-order chi connectivity index (χ0) is 8.48. The van der Waals surface area contributed by atoms with E-state index in [2.05, 4.69) is 20.8 Å². The monoisotopic (exact) mass is 196 g/mol. The van der Waals surface area contributed by atoms with Crippen molar-refractivity contribution in [3.05, 3.63) is 0 Å². The van der Waals surface area contributed by atoms with Gasteiger partial charge in [-0.1, -0.05) is 20.8 Å². The summed E-state index contributed by atoms with van der Waals surface area (Å²) in [7, 11) is -1.09. The van der Waals surface area contributed by atoms with E-state index >= 15 is 0 Å². The Morgan fingerprint density at radius 2 is 1.73 bits per heavy atom. The Bertz CT molecular complexity index is 127. The van der Waals surface area contributed by atoms with Crippen LogP contribution >= 0.6 is 19.0 Å². The fourth-order valence-electron chi connectivity index (χ4n) is 0.883. The van der Waals surface area contributed by atoms with E-state index in [4.69, 9.17) is 20.3 Å². The van der Waals surface area contributed by atoms with Crippen LogP contribution < -0.4 is 0 Å². The van der Waals surface area contributed by atoms with Crippen molar-refractivity contribution < 1.29 is 9.05 Å². The van der Waals surface area contributed by atoms with Crippen LogP contribution in [0.25, 0.3) is 0 Å². The molecule has 0 N–H and O–H groups in total. The molecule has 4 heteroatoms. The van der Waals surface area contributed by atoms with Crippen LogP contribution in [0.2, 0.25) is 0 Å². The molecular weight excluding hydrogens is 183 g/mol. The van der Waals surface area contributed by atoms with Gasteiger partial charge in [0.25, 0.3) is 7.73 Å². The van der Waals surface area contributed by atoms with Gasteiger partial charge in [-0.15, -0.1) is 0 Å². The van der Waals surface area contributed by atoms with E-state index in [9.17, 15) is 0 Å². The molecule has 1 aliphatic heterocycles. The molecule has 1 fully saturated rings. The van der Waals surface area contributed by atoms with Crippen molar-refractivity contribution >= 4 is 19.0 Å². The zero-order valence-corrected chi connectivity index (χ0v) is 8.78. The fraction of sp³-hybridized carbons (Fsp3) is 1.00. The molecule has 0 unspecified atom stereocenters. The van der Waals surface area contributed by atoms with E-state index in [1.165, 1.54) is 0 Å². The summed E-state index contributed by atoms with van der Waals surface area (Å²) in [6.07, 6.45) is 0. The quantitative estimate of drug-likeness (QED) is 0.554. The summed E-state index contributed by atoms with van der Waals surface area (Å²) in [6, 6.07) is 0. The third kappa shape index (κ3) is 2.87. The van der Waals surface area contributed by atoms with Gasteiger partial charge in [0.2, 0.25) is 0 Å². The maximum absolute atomic E-state index is 5.65. The Morgan fingerprint density at radius 3 is 2.09 bits per heavy atom. The van der Waals surface area contributed by atoms with E-state index in [1.807, 2.05) is 0 Å². The van der Waals surface area contributed by atoms with E-state index in [1.54, 1.807) is 0 Å². The molecule has 0 saturated carbocycles. The minimum Gasteiger partial charge on any atom is -0.322 e. The maximum Gasteiger partial charge on any atom is 0.276 e. The van der Waals surface area contributed by atoms with Gasteiger partial charge in [-0.3, -0.25) is 0 Å². The Balaban J connectivity index is 2.39. The molecule has 0 aliphatic carbocycles. The van der Waals surface area contributed by atoms with E-state index in [0.29, 0.717) is 5.92 Å². The smallest absolute Gasteiger partial charge is 0.276 e. The van der Waals surface area contributed by atoms with Crippen molar-refractivity contribution in [3.63, 3.8) is 0 Å². The first-order valence-electron chi connectivity index (χ1n) is 3.72. The van der Waals surface area contributed by atoms with Gasteiger partial charge >= 0.3 is 0 Å². The number of hydrogen-bond acceptors (Lipinski definition) is 2. The molecule has 0 aromatic rings. The summed E-state index contributed by atoms with van der Waals surface area (Å²) in [5.74, 6) is 0.472. The van der Waals surface area contributed by atoms with Crippen LogP contribution in [0, 0.1) is 11.3 Å². The van der Waals surface area contributed by atoms with E-state index in [0.717, 1.165) is 13.2 Å². The van der Waals surface area contributed by atoms with Gasteiger partial charge in [-0.2, -0.15) is 0 Å². The molecule has 0 bridgehead atoms. The van der Waals surface area contributed by atoms with Gasteiger partial charge < -0.3 is 9.05 Å². The first kappa shape index (κ1) is 9.73. The lowest BCUT2D eigenvalue weighted by Gasteiger charge is -2.34. The molecule has 2 nitrogen and oxygen atoms in total. The highest BCUT2D eigenvalue weighted by Crippen LogP contribution is 2.49. The van der Waals surface area contributed by atoms with Crippen LogP contribution in [-0.4, -0.2) is 13.2 Å². The summed E-state index contributed by atoms with van der Waals surface area (Å²) < 4.78 is 10.4. The van der Waals surface area contributed by atoms with Gasteiger partial charge in [-0.25, -0.2) is 0 Å². The first-order chi connectivity index (χ1) is 5.00. The summed E-state index contributed by atoms with van der Waals surface area (Å²) in [5, 5.41) is 0. The Labute approximate surface area is 73.9 Å². The highest BCUT2D eigenvalue weighted by molar-refractivity contribution is 7.76. The molecule has 0 spiro atoms. The van der Waals surface area contributed by atoms with Crippen LogP contribution in [0.5, 0.6) is 0 Å². The summed E-state index contributed by atoms with van der Waals surface area (Å²) in [6.45, 7) is 8.03. The number of rotatable bonds is 0. The SMILES string of the molecule is CC(C)(C)C1COP(Cl)OC1. The van der Waals surface area contributed by atoms with Gasteiger partial charge in [0.15, 0.2) is 0 Å². The van der Waals surface area contributed by atoms with Gasteiger partial charge in [0.1, 0.15) is 0 Å². The van der Waals surface area contributed by atoms with Crippen molar-refractivity contribution in [1.29, 1.82) is 0 Å². The van der Waals surface area contributed by atoms with Crippen molar-refractivity contribution in [2.75, 3.05) is 13.2 Å². The van der Waals surface area contributed by atoms with E-state index < -0.39 is 7.73 Å². The lowest BCUT2D eigenvalue weighted by Crippen LogP contribution is -2.30. The third-order valence-electron chi connectivity index (χ3n) is 1.98. The van der Waals surface area contributed by atoms with Crippen molar-refractivity contribution in [2.45, 2.75) is 20.8 Å². The minimum atomic E-state index is -1.09. The molecule has 1 aliphatic rings. The first-order valence-corrected chi connectivity index (χ1v) is 5.80. The molecular formula is C7H14ClO2P. The Kier molecular flexibility index (Phi) is 3.16. The van der Waals surface area contributed by atoms with Crippen LogP contribution in [0.15, 0.2) is 0 Å². The lowest BCUT2D eigenvalue weighted by atomic mass is 9.82. The molecule has 1 saturated heterocycles. The van der Waals surface area contributed by atoms with Gasteiger partial charge in [0.05, 0.1) is 13.2 Å². The van der Waals surface area contributed by atoms with Crippen molar-refractivity contribution in [3.8, 4) is 0 Å². The second kappa shape index (κ2) is 3.57. The maximum atomic E-state index is 5.65. The van der Waals surface area contributed by atoms with E-state index in [-0.39, 0.29) is 5.41 Å². The molecule has 1 rings (SSSR count). The van der Waals surface area contributed by atoms with Crippen molar-refractivity contribution in [2.24, 2.45) is 11.3 Å². The number of hydrogen-bond donors (Lipinski definition) is 0. The van der Waals surface area contributed by atoms with Crippen LogP contribution in [0.4, 0.5) is 0 Å². The summed E-state index contributed by atoms with van der Waals surface area (Å²) in [4.78, 5) is 0. The molecule has 11 heavy (non-hydrogen) atoms. The van der Waals surface area contributed by atoms with Gasteiger partial charge in [-0.05, 0) is 16.7 Å². The predicted molar refractivity (Wildman–Crippen MR) is 47.6 cm³/mol. The van der Waals surface area contributed by atoms with Crippen LogP contribution in [-0.2, 0) is 9.05 Å². The van der Waals surface area contributed by atoms with Crippen LogP contribution in [0.3, 0.4) is 0 Å². The third-order valence-corrected chi connectivity index (χ3v) is 3.27. The standard InChI is InChI=1S/C7H14ClO2P/c1-7(2,3)6-4-9-11(8)10-5-6/h6H,4-5H2,1-3H3. The molecule has 1 heterocycles. The molecule has 0 radical (unpaired) electrons. The predicted octanol–water partition coefficient (Wildman–Crippen LogP) is 3.16. The zero-order valence-electron chi connectivity index (χ0n) is 7.13. The fourth-order valence-corrected chi connectivity index (χ4v) is 1.89. The average Bonchev–Trinajstić information content (AvgIpc) is 1.86. The summed E-state index contributed by atoms with van der Waals surface area (Å²) >= 11 is 5.65. The topological polar surface area (TPSA) is 18.5 Å². The molecule has 0 atom stereocenters. The Morgan fingerprint density at radius 1 is 1.27 bits per heavy atom.